The van der Waals surface area contributed by atoms with Gasteiger partial charge in [-0.15, -0.1) is 11.3 Å². The zero-order valence-corrected chi connectivity index (χ0v) is 18.6. The van der Waals surface area contributed by atoms with Crippen LogP contribution in [0.2, 0.25) is 0 Å². The van der Waals surface area contributed by atoms with Gasteiger partial charge in [0.2, 0.25) is 0 Å². The lowest BCUT2D eigenvalue weighted by atomic mass is 9.97. The average molecular weight is 451 g/mol. The lowest BCUT2D eigenvalue weighted by Gasteiger charge is -2.14. The van der Waals surface area contributed by atoms with Gasteiger partial charge < -0.3 is 14.5 Å². The average Bonchev–Trinajstić information content (AvgIpc) is 3.18. The summed E-state index contributed by atoms with van der Waals surface area (Å²) in [6.45, 7) is 2.42. The summed E-state index contributed by atoms with van der Waals surface area (Å²) in [5.74, 6) is 1.22. The molecule has 0 amide bonds. The van der Waals surface area contributed by atoms with Gasteiger partial charge in [0.1, 0.15) is 23.1 Å². The molecule has 0 fully saturated rings. The number of ether oxygens (including phenoxy) is 2. The van der Waals surface area contributed by atoms with Gasteiger partial charge in [-0.3, -0.25) is 4.79 Å². The number of fused-ring (bicyclic) bond motifs is 3. The van der Waals surface area contributed by atoms with Crippen molar-refractivity contribution in [3.05, 3.63) is 74.6 Å². The Morgan fingerprint density at radius 3 is 2.78 bits per heavy atom. The highest BCUT2D eigenvalue weighted by Crippen LogP contribution is 2.36. The second-order valence-electron chi connectivity index (χ2n) is 7.78. The van der Waals surface area contributed by atoms with Crippen LogP contribution in [-0.2, 0) is 19.4 Å². The van der Waals surface area contributed by atoms with E-state index in [-0.39, 0.29) is 18.0 Å². The van der Waals surface area contributed by atoms with Crippen LogP contribution >= 0.6 is 11.3 Å². The highest BCUT2D eigenvalue weighted by molar-refractivity contribution is 7.18. The SMILES string of the molecule is CCOc1cc(-c2nc3sc4c(c3c(=O)[nH]2)CCCC4)ccc1OCc1ccccc1F. The first-order valence-electron chi connectivity index (χ1n) is 10.8. The Labute approximate surface area is 188 Å². The predicted molar refractivity (Wildman–Crippen MR) is 124 cm³/mol. The monoisotopic (exact) mass is 450 g/mol. The minimum absolute atomic E-state index is 0.0912. The summed E-state index contributed by atoms with van der Waals surface area (Å²) in [5.41, 5.74) is 2.28. The number of nitrogens with zero attached hydrogens (tertiary/aromatic N) is 1. The van der Waals surface area contributed by atoms with Crippen LogP contribution in [0.5, 0.6) is 11.5 Å². The summed E-state index contributed by atoms with van der Waals surface area (Å²) in [5, 5.41) is 0.739. The first kappa shape index (κ1) is 20.7. The van der Waals surface area contributed by atoms with Crippen molar-refractivity contribution in [2.75, 3.05) is 6.61 Å². The third-order valence-corrected chi connectivity index (χ3v) is 6.87. The van der Waals surface area contributed by atoms with Crippen LogP contribution in [0, 0.1) is 5.82 Å². The lowest BCUT2D eigenvalue weighted by Crippen LogP contribution is -2.11. The van der Waals surface area contributed by atoms with Gasteiger partial charge in [-0.2, -0.15) is 0 Å². The van der Waals surface area contributed by atoms with Gasteiger partial charge in [0.25, 0.3) is 5.56 Å². The first-order valence-corrected chi connectivity index (χ1v) is 11.6. The van der Waals surface area contributed by atoms with Gasteiger partial charge in [0, 0.05) is 16.0 Å². The standard InChI is InChI=1S/C25H23FN2O3S/c1-2-30-20-13-15(11-12-19(20)31-14-16-7-3-5-9-18(16)26)23-27-24(29)22-17-8-4-6-10-21(17)32-25(22)28-23/h3,5,7,9,11-13H,2,4,6,8,10,14H2,1H3,(H,27,28,29). The predicted octanol–water partition coefficient (Wildman–Crippen LogP) is 5.65. The molecular weight excluding hydrogens is 427 g/mol. The number of aromatic nitrogens is 2. The molecule has 164 valence electrons. The van der Waals surface area contributed by atoms with Gasteiger partial charge >= 0.3 is 0 Å². The van der Waals surface area contributed by atoms with Gasteiger partial charge in [0.05, 0.1) is 12.0 Å². The molecule has 0 bridgehead atoms. The van der Waals surface area contributed by atoms with E-state index in [0.29, 0.717) is 29.5 Å². The molecule has 32 heavy (non-hydrogen) atoms. The molecule has 0 radical (unpaired) electrons. The number of H-pyrrole nitrogens is 1. The molecular formula is C25H23FN2O3S. The summed E-state index contributed by atoms with van der Waals surface area (Å²) < 4.78 is 25.5. The second kappa shape index (κ2) is 8.74. The van der Waals surface area contributed by atoms with Gasteiger partial charge in [-0.25, -0.2) is 9.37 Å². The van der Waals surface area contributed by atoms with Crippen molar-refractivity contribution in [1.29, 1.82) is 0 Å². The number of hydrogen-bond acceptors (Lipinski definition) is 5. The molecule has 2 aromatic heterocycles. The number of aryl methyl sites for hydroxylation is 2. The zero-order valence-electron chi connectivity index (χ0n) is 17.7. The third kappa shape index (κ3) is 3.88. The summed E-state index contributed by atoms with van der Waals surface area (Å²) in [6, 6.07) is 11.9. The highest BCUT2D eigenvalue weighted by Gasteiger charge is 2.20. The zero-order chi connectivity index (χ0) is 22.1. The van der Waals surface area contributed by atoms with E-state index in [1.807, 2.05) is 13.0 Å². The first-order chi connectivity index (χ1) is 15.6. The van der Waals surface area contributed by atoms with Crippen molar-refractivity contribution < 1.29 is 13.9 Å². The quantitative estimate of drug-likeness (QED) is 0.412. The van der Waals surface area contributed by atoms with Crippen molar-refractivity contribution >= 4 is 21.6 Å². The van der Waals surface area contributed by atoms with Crippen LogP contribution in [0.1, 0.15) is 35.8 Å². The van der Waals surface area contributed by atoms with E-state index in [9.17, 15) is 9.18 Å². The summed E-state index contributed by atoms with van der Waals surface area (Å²) in [6.07, 6.45) is 4.25. The van der Waals surface area contributed by atoms with Crippen molar-refractivity contribution in [1.82, 2.24) is 9.97 Å². The van der Waals surface area contributed by atoms with Crippen LogP contribution in [0.4, 0.5) is 4.39 Å². The molecule has 0 spiro atoms. The normalized spacial score (nSPS) is 13.2. The van der Waals surface area contributed by atoms with Crippen LogP contribution in [0.25, 0.3) is 21.6 Å². The van der Waals surface area contributed by atoms with Crippen LogP contribution in [0.15, 0.2) is 47.3 Å². The van der Waals surface area contributed by atoms with Crippen molar-refractivity contribution in [2.24, 2.45) is 0 Å². The van der Waals surface area contributed by atoms with E-state index in [0.717, 1.165) is 41.5 Å². The van der Waals surface area contributed by atoms with Crippen LogP contribution in [0.3, 0.4) is 0 Å². The van der Waals surface area contributed by atoms with Crippen molar-refractivity contribution in [2.45, 2.75) is 39.2 Å². The van der Waals surface area contributed by atoms with Crippen LogP contribution in [-0.4, -0.2) is 16.6 Å². The minimum atomic E-state index is -0.309. The Morgan fingerprint density at radius 2 is 1.94 bits per heavy atom. The smallest absolute Gasteiger partial charge is 0.260 e. The molecule has 1 aliphatic rings. The molecule has 5 rings (SSSR count). The van der Waals surface area contributed by atoms with E-state index < -0.39 is 0 Å². The summed E-state index contributed by atoms with van der Waals surface area (Å²) in [7, 11) is 0. The molecule has 5 nitrogen and oxygen atoms in total. The van der Waals surface area contributed by atoms with Crippen LogP contribution < -0.4 is 15.0 Å². The number of nitrogens with one attached hydrogen (secondary N) is 1. The summed E-state index contributed by atoms with van der Waals surface area (Å²) >= 11 is 1.62. The fourth-order valence-electron chi connectivity index (χ4n) is 4.11. The van der Waals surface area contributed by atoms with E-state index >= 15 is 0 Å². The Bertz CT molecular complexity index is 1350. The Morgan fingerprint density at radius 1 is 1.09 bits per heavy atom. The number of benzene rings is 2. The van der Waals surface area contributed by atoms with E-state index in [1.165, 1.54) is 16.5 Å². The van der Waals surface area contributed by atoms with Crippen molar-refractivity contribution in [3.8, 4) is 22.9 Å². The Kier molecular flexibility index (Phi) is 5.66. The number of thiophene rings is 1. The molecule has 4 aromatic rings. The van der Waals surface area contributed by atoms with E-state index in [2.05, 4.69) is 4.98 Å². The largest absolute Gasteiger partial charge is 0.490 e. The van der Waals surface area contributed by atoms with E-state index in [1.54, 1.807) is 41.7 Å². The van der Waals surface area contributed by atoms with Gasteiger partial charge in [0.15, 0.2) is 11.5 Å². The minimum Gasteiger partial charge on any atom is -0.490 e. The molecule has 1 N–H and O–H groups in total. The fourth-order valence-corrected chi connectivity index (χ4v) is 5.38. The third-order valence-electron chi connectivity index (χ3n) is 5.68. The topological polar surface area (TPSA) is 64.2 Å². The molecule has 0 saturated heterocycles. The molecule has 0 saturated carbocycles. The maximum Gasteiger partial charge on any atom is 0.260 e. The van der Waals surface area contributed by atoms with Gasteiger partial charge in [-0.1, -0.05) is 18.2 Å². The lowest BCUT2D eigenvalue weighted by molar-refractivity contribution is 0.266. The maximum atomic E-state index is 13.9. The van der Waals surface area contributed by atoms with Gasteiger partial charge in [-0.05, 0) is 62.4 Å². The molecule has 2 aromatic carbocycles. The molecule has 0 aliphatic heterocycles. The fraction of sp³-hybridized carbons (Fsp3) is 0.280. The number of aromatic amines is 1. The molecule has 7 heteroatoms. The summed E-state index contributed by atoms with van der Waals surface area (Å²) in [4.78, 5) is 22.7. The Hall–Kier alpha value is -3.19. The van der Waals surface area contributed by atoms with Crippen molar-refractivity contribution in [3.63, 3.8) is 0 Å². The number of rotatable bonds is 6. The van der Waals surface area contributed by atoms with E-state index in [4.69, 9.17) is 14.5 Å². The molecule has 0 atom stereocenters. The number of halogens is 1. The molecule has 1 aliphatic carbocycles. The maximum absolute atomic E-state index is 13.9. The highest BCUT2D eigenvalue weighted by atomic mass is 32.1. The molecule has 2 heterocycles. The molecule has 0 unspecified atom stereocenters. The Balaban J connectivity index is 1.48. The number of hydrogen-bond donors (Lipinski definition) is 1. The second-order valence-corrected chi connectivity index (χ2v) is 8.86.